The van der Waals surface area contributed by atoms with E-state index in [0.29, 0.717) is 36.9 Å². The maximum atomic E-state index is 12.2. The van der Waals surface area contributed by atoms with Gasteiger partial charge in [-0.25, -0.2) is 15.0 Å². The molecule has 3 N–H and O–H groups in total. The van der Waals surface area contributed by atoms with Crippen molar-refractivity contribution in [3.05, 3.63) is 48.9 Å². The van der Waals surface area contributed by atoms with Crippen LogP contribution in [0.3, 0.4) is 0 Å². The first-order valence-electron chi connectivity index (χ1n) is 10.3. The van der Waals surface area contributed by atoms with Gasteiger partial charge in [-0.15, -0.1) is 0 Å². The summed E-state index contributed by atoms with van der Waals surface area (Å²) in [6.45, 7) is 3.59. The third-order valence-corrected chi connectivity index (χ3v) is 5.15. The van der Waals surface area contributed by atoms with E-state index in [-0.39, 0.29) is 0 Å². The number of anilines is 3. The lowest BCUT2D eigenvalue weighted by molar-refractivity contribution is -0.111. The largest absolute Gasteiger partial charge is 0.379 e. The molecule has 4 aromatic rings. The zero-order valence-corrected chi connectivity index (χ0v) is 17.3. The van der Waals surface area contributed by atoms with Crippen LogP contribution in [0.25, 0.3) is 21.8 Å². The van der Waals surface area contributed by atoms with Gasteiger partial charge in [-0.2, -0.15) is 0 Å². The van der Waals surface area contributed by atoms with Gasteiger partial charge in [0.25, 0.3) is 0 Å². The topological polar surface area (TPSA) is 108 Å². The Bertz CT molecular complexity index is 1300. The summed E-state index contributed by atoms with van der Waals surface area (Å²) in [6, 6.07) is 11.8. The summed E-state index contributed by atoms with van der Waals surface area (Å²) >= 11 is 0. The number of amides is 1. The molecule has 0 spiro atoms. The third kappa shape index (κ3) is 4.51. The van der Waals surface area contributed by atoms with Crippen molar-refractivity contribution in [3.63, 3.8) is 0 Å². The molecule has 0 aliphatic carbocycles. The molecule has 1 aromatic carbocycles. The number of aromatic amines is 1. The lowest BCUT2D eigenvalue weighted by Crippen LogP contribution is -2.36. The van der Waals surface area contributed by atoms with Crippen LogP contribution in [0.4, 0.5) is 17.5 Å². The summed E-state index contributed by atoms with van der Waals surface area (Å²) in [7, 11) is 0. The Labute approximate surface area is 184 Å². The zero-order chi connectivity index (χ0) is 21.8. The Morgan fingerprint density at radius 1 is 1.16 bits per heavy atom. The molecule has 1 aliphatic heterocycles. The fraction of sp³-hybridized carbons (Fsp3) is 0.217. The molecular formula is C23H21N7O2. The first-order chi connectivity index (χ1) is 15.7. The molecule has 3 aromatic heterocycles. The Kier molecular flexibility index (Phi) is 5.61. The monoisotopic (exact) mass is 427 g/mol. The summed E-state index contributed by atoms with van der Waals surface area (Å²) in [6.07, 6.45) is 3.08. The Balaban J connectivity index is 1.32. The second-order valence-corrected chi connectivity index (χ2v) is 7.35. The van der Waals surface area contributed by atoms with Crippen molar-refractivity contribution in [1.82, 2.24) is 24.8 Å². The van der Waals surface area contributed by atoms with Gasteiger partial charge in [0.1, 0.15) is 23.8 Å². The number of hydrogen-bond acceptors (Lipinski definition) is 7. The van der Waals surface area contributed by atoms with Crippen LogP contribution in [0.2, 0.25) is 0 Å². The predicted octanol–water partition coefficient (Wildman–Crippen LogP) is 2.52. The minimum absolute atomic E-state index is 0.387. The maximum Gasteiger partial charge on any atom is 0.301 e. The summed E-state index contributed by atoms with van der Waals surface area (Å²) in [5.41, 5.74) is 1.69. The highest BCUT2D eigenvalue weighted by atomic mass is 16.5. The number of fused-ring (bicyclic) bond motifs is 2. The first kappa shape index (κ1) is 19.9. The van der Waals surface area contributed by atoms with Gasteiger partial charge in [0.15, 0.2) is 0 Å². The lowest BCUT2D eigenvalue weighted by Gasteiger charge is -2.24. The molecular weight excluding hydrogens is 406 g/mol. The highest BCUT2D eigenvalue weighted by Gasteiger charge is 2.10. The Hall–Kier alpha value is -4.00. The fourth-order valence-corrected chi connectivity index (χ4v) is 3.53. The highest BCUT2D eigenvalue weighted by molar-refractivity contribution is 6.04. The Morgan fingerprint density at radius 2 is 2.03 bits per heavy atom. The molecule has 9 nitrogen and oxygen atoms in total. The average molecular weight is 427 g/mol. The fourth-order valence-electron chi connectivity index (χ4n) is 3.53. The van der Waals surface area contributed by atoms with E-state index < -0.39 is 5.91 Å². The van der Waals surface area contributed by atoms with Crippen LogP contribution in [0.5, 0.6) is 0 Å². The molecule has 1 aliphatic rings. The highest BCUT2D eigenvalue weighted by Crippen LogP contribution is 2.26. The average Bonchev–Trinajstić information content (AvgIpc) is 3.22. The van der Waals surface area contributed by atoms with Crippen molar-refractivity contribution in [1.29, 1.82) is 0 Å². The number of pyridine rings is 1. The van der Waals surface area contributed by atoms with Gasteiger partial charge in [-0.1, -0.05) is 24.1 Å². The van der Waals surface area contributed by atoms with Crippen molar-refractivity contribution in [2.75, 3.05) is 43.5 Å². The normalized spacial score (nSPS) is 14.1. The predicted molar refractivity (Wildman–Crippen MR) is 123 cm³/mol. The number of nitrogens with one attached hydrogen (secondary N) is 3. The smallest absolute Gasteiger partial charge is 0.301 e. The van der Waals surface area contributed by atoms with Crippen LogP contribution in [0, 0.1) is 11.8 Å². The second kappa shape index (κ2) is 9.01. The van der Waals surface area contributed by atoms with Crippen molar-refractivity contribution >= 4 is 45.2 Å². The van der Waals surface area contributed by atoms with Crippen molar-refractivity contribution in [2.45, 2.75) is 0 Å². The van der Waals surface area contributed by atoms with Crippen LogP contribution < -0.4 is 10.6 Å². The number of morpholine rings is 1. The summed E-state index contributed by atoms with van der Waals surface area (Å²) < 4.78 is 5.31. The van der Waals surface area contributed by atoms with Gasteiger partial charge >= 0.3 is 5.91 Å². The van der Waals surface area contributed by atoms with E-state index in [1.54, 1.807) is 12.3 Å². The van der Waals surface area contributed by atoms with E-state index >= 15 is 0 Å². The molecule has 9 heteroatoms. The van der Waals surface area contributed by atoms with E-state index in [4.69, 9.17) is 4.74 Å². The van der Waals surface area contributed by atoms with Gasteiger partial charge in [0.2, 0.25) is 0 Å². The van der Waals surface area contributed by atoms with Gasteiger partial charge in [0, 0.05) is 29.4 Å². The number of ether oxygens (including phenoxy) is 1. The zero-order valence-electron chi connectivity index (χ0n) is 17.3. The molecule has 1 fully saturated rings. The molecule has 0 radical (unpaired) electrons. The van der Waals surface area contributed by atoms with Gasteiger partial charge in [0.05, 0.1) is 31.5 Å². The molecule has 0 unspecified atom stereocenters. The van der Waals surface area contributed by atoms with Crippen LogP contribution in [-0.4, -0.2) is 63.6 Å². The number of H-pyrrole nitrogens is 1. The molecule has 0 atom stereocenters. The number of para-hydroxylation sites is 1. The molecule has 0 saturated carbocycles. The number of carbonyl (C=O) groups excluding carboxylic acids is 1. The maximum absolute atomic E-state index is 12.2. The molecule has 4 heterocycles. The van der Waals surface area contributed by atoms with Crippen LogP contribution in [0.15, 0.2) is 48.9 Å². The summed E-state index contributed by atoms with van der Waals surface area (Å²) in [4.78, 5) is 30.6. The Morgan fingerprint density at radius 3 is 2.91 bits per heavy atom. The third-order valence-electron chi connectivity index (χ3n) is 5.15. The molecule has 1 saturated heterocycles. The van der Waals surface area contributed by atoms with E-state index in [1.807, 2.05) is 30.3 Å². The van der Waals surface area contributed by atoms with E-state index in [2.05, 4.69) is 47.3 Å². The summed E-state index contributed by atoms with van der Waals surface area (Å²) in [5, 5.41) is 7.85. The van der Waals surface area contributed by atoms with Crippen molar-refractivity contribution in [2.24, 2.45) is 0 Å². The second-order valence-electron chi connectivity index (χ2n) is 7.35. The molecule has 0 bridgehead atoms. The number of rotatable bonds is 4. The van der Waals surface area contributed by atoms with Crippen molar-refractivity contribution < 1.29 is 9.53 Å². The number of benzene rings is 1. The molecule has 160 valence electrons. The quantitative estimate of drug-likeness (QED) is 0.430. The van der Waals surface area contributed by atoms with Crippen molar-refractivity contribution in [3.8, 4) is 11.8 Å². The van der Waals surface area contributed by atoms with Gasteiger partial charge in [-0.05, 0) is 24.1 Å². The summed E-state index contributed by atoms with van der Waals surface area (Å²) in [5.74, 6) is 6.92. The van der Waals surface area contributed by atoms with Gasteiger partial charge < -0.3 is 15.0 Å². The number of nitrogens with zero attached hydrogens (tertiary/aromatic N) is 4. The number of aromatic nitrogens is 4. The van der Waals surface area contributed by atoms with Crippen LogP contribution in [-0.2, 0) is 9.53 Å². The van der Waals surface area contributed by atoms with E-state index in [1.165, 1.54) is 6.33 Å². The molecule has 5 rings (SSSR count). The van der Waals surface area contributed by atoms with E-state index in [0.717, 1.165) is 35.2 Å². The minimum atomic E-state index is -0.410. The lowest BCUT2D eigenvalue weighted by atomic mass is 10.2. The number of carbonyl (C=O) groups is 1. The van der Waals surface area contributed by atoms with Crippen LogP contribution >= 0.6 is 0 Å². The van der Waals surface area contributed by atoms with Crippen LogP contribution in [0.1, 0.15) is 0 Å². The number of hydrogen-bond donors (Lipinski definition) is 3. The SMILES string of the molecule is O=C(C#CCN1CCOCC1)Nc1cc2c(Nc3cc4ccccc4[nH]3)ncnc2cn1. The van der Waals surface area contributed by atoms with E-state index in [9.17, 15) is 4.79 Å². The minimum Gasteiger partial charge on any atom is -0.379 e. The molecule has 32 heavy (non-hydrogen) atoms. The molecule has 1 amide bonds. The standard InChI is InChI=1S/C23H21N7O2/c31-22(6-3-7-30-8-10-32-11-9-30)28-20-13-17-19(14-24-20)25-15-26-23(17)29-21-12-16-4-1-2-5-18(16)27-21/h1-2,4-5,12-15,27H,7-11H2,(H,24,28,31)(H,25,26,29). The first-order valence-corrected chi connectivity index (χ1v) is 10.3. The van der Waals surface area contributed by atoms with Gasteiger partial charge in [-0.3, -0.25) is 15.0 Å².